The Kier molecular flexibility index (Phi) is 5.78. The van der Waals surface area contributed by atoms with Crippen molar-refractivity contribution in [2.75, 3.05) is 16.2 Å². The summed E-state index contributed by atoms with van der Waals surface area (Å²) in [6, 6.07) is 23.1. The maximum Gasteiger partial charge on any atom is 0.264 e. The number of para-hydroxylation sites is 1. The molecule has 3 aromatic rings. The van der Waals surface area contributed by atoms with E-state index in [-0.39, 0.29) is 11.4 Å². The molecule has 1 amide bonds. The summed E-state index contributed by atoms with van der Waals surface area (Å²) in [5.74, 6) is -0.458. The van der Waals surface area contributed by atoms with Crippen LogP contribution in [0, 0.1) is 0 Å². The molecule has 0 atom stereocenters. The Labute approximate surface area is 163 Å². The number of anilines is 2. The molecule has 138 valence electrons. The summed E-state index contributed by atoms with van der Waals surface area (Å²) in [6.07, 6.45) is 0. The van der Waals surface area contributed by atoms with Gasteiger partial charge in [-0.2, -0.15) is 0 Å². The highest BCUT2D eigenvalue weighted by Crippen LogP contribution is 2.23. The molecule has 27 heavy (non-hydrogen) atoms. The monoisotopic (exact) mass is 400 g/mol. The number of carbonyl (C=O) groups excluding carboxylic acids is 1. The van der Waals surface area contributed by atoms with Crippen LogP contribution >= 0.6 is 11.6 Å². The third kappa shape index (κ3) is 4.67. The molecule has 0 bridgehead atoms. The lowest BCUT2D eigenvalue weighted by Gasteiger charge is -2.24. The van der Waals surface area contributed by atoms with Crippen molar-refractivity contribution in [3.05, 3.63) is 90.0 Å². The Balaban J connectivity index is 1.89. The maximum absolute atomic E-state index is 13.1. The number of hydrogen-bond donors (Lipinski definition) is 1. The fourth-order valence-corrected chi connectivity index (χ4v) is 4.06. The zero-order valence-corrected chi connectivity index (χ0v) is 15.8. The molecule has 7 heteroatoms. The van der Waals surface area contributed by atoms with Crippen molar-refractivity contribution >= 4 is 38.9 Å². The molecule has 0 spiro atoms. The highest BCUT2D eigenvalue weighted by Gasteiger charge is 2.26. The van der Waals surface area contributed by atoms with E-state index in [1.54, 1.807) is 72.8 Å². The van der Waals surface area contributed by atoms with E-state index in [1.807, 2.05) is 0 Å². The van der Waals surface area contributed by atoms with E-state index in [0.717, 1.165) is 4.31 Å². The highest BCUT2D eigenvalue weighted by molar-refractivity contribution is 7.92. The van der Waals surface area contributed by atoms with Crippen LogP contribution in [0.2, 0.25) is 5.02 Å². The number of benzene rings is 3. The average molecular weight is 401 g/mol. The van der Waals surface area contributed by atoms with E-state index < -0.39 is 15.9 Å². The van der Waals surface area contributed by atoms with Crippen LogP contribution in [-0.2, 0) is 14.8 Å². The van der Waals surface area contributed by atoms with E-state index >= 15 is 0 Å². The van der Waals surface area contributed by atoms with Gasteiger partial charge in [-0.15, -0.1) is 0 Å². The summed E-state index contributed by atoms with van der Waals surface area (Å²) in [5, 5.41) is 3.24. The van der Waals surface area contributed by atoms with Crippen LogP contribution in [0.25, 0.3) is 0 Å². The minimum absolute atomic E-state index is 0.119. The topological polar surface area (TPSA) is 66.5 Å². The van der Waals surface area contributed by atoms with E-state index in [9.17, 15) is 13.2 Å². The normalized spacial score (nSPS) is 11.0. The van der Waals surface area contributed by atoms with Crippen LogP contribution in [0.4, 0.5) is 11.4 Å². The zero-order chi connectivity index (χ0) is 19.3. The van der Waals surface area contributed by atoms with Gasteiger partial charge in [0.05, 0.1) is 10.6 Å². The molecule has 5 nitrogen and oxygen atoms in total. The van der Waals surface area contributed by atoms with Crippen molar-refractivity contribution in [3.63, 3.8) is 0 Å². The Hall–Kier alpha value is -2.83. The molecule has 0 unspecified atom stereocenters. The first-order chi connectivity index (χ1) is 13.0. The van der Waals surface area contributed by atoms with Crippen LogP contribution in [-0.4, -0.2) is 20.9 Å². The van der Waals surface area contributed by atoms with Gasteiger partial charge in [-0.3, -0.25) is 9.10 Å². The number of hydrogen-bond acceptors (Lipinski definition) is 3. The minimum atomic E-state index is -3.90. The fourth-order valence-electron chi connectivity index (χ4n) is 2.49. The van der Waals surface area contributed by atoms with Crippen LogP contribution in [0.15, 0.2) is 89.8 Å². The first-order valence-corrected chi connectivity index (χ1v) is 9.97. The smallest absolute Gasteiger partial charge is 0.264 e. The van der Waals surface area contributed by atoms with Gasteiger partial charge in [-0.05, 0) is 48.5 Å². The fraction of sp³-hybridized carbons (Fsp3) is 0.0500. The third-order valence-electron chi connectivity index (χ3n) is 3.79. The summed E-state index contributed by atoms with van der Waals surface area (Å²) in [6.45, 7) is -0.357. The molecule has 0 saturated heterocycles. The standard InChI is InChI=1S/C20H17ClN2O3S/c21-16-11-13-17(14-12-16)22-20(24)15-23(18-7-3-1-4-8-18)27(25,26)19-9-5-2-6-10-19/h1-14H,15H2,(H,22,24). The summed E-state index contributed by atoms with van der Waals surface area (Å²) >= 11 is 5.84. The quantitative estimate of drug-likeness (QED) is 0.675. The second-order valence-corrected chi connectivity index (χ2v) is 8.01. The second-order valence-electron chi connectivity index (χ2n) is 5.72. The molecule has 3 rings (SSSR count). The van der Waals surface area contributed by atoms with E-state index in [0.29, 0.717) is 16.4 Å². The maximum atomic E-state index is 13.1. The van der Waals surface area contributed by atoms with Crippen LogP contribution in [0.3, 0.4) is 0 Å². The van der Waals surface area contributed by atoms with Crippen LogP contribution in [0.5, 0.6) is 0 Å². The van der Waals surface area contributed by atoms with Gasteiger partial charge in [0.1, 0.15) is 6.54 Å². The molecule has 1 N–H and O–H groups in total. The first-order valence-electron chi connectivity index (χ1n) is 8.15. The van der Waals surface area contributed by atoms with Crippen molar-refractivity contribution in [1.82, 2.24) is 0 Å². The minimum Gasteiger partial charge on any atom is -0.325 e. The predicted octanol–water partition coefficient (Wildman–Crippen LogP) is 4.17. The number of carbonyl (C=O) groups is 1. The lowest BCUT2D eigenvalue weighted by atomic mass is 10.3. The Bertz CT molecular complexity index is 1010. The number of halogens is 1. The van der Waals surface area contributed by atoms with Gasteiger partial charge in [0.15, 0.2) is 0 Å². The van der Waals surface area contributed by atoms with E-state index in [2.05, 4.69) is 5.32 Å². The number of sulfonamides is 1. The Morgan fingerprint density at radius 3 is 2.00 bits per heavy atom. The van der Waals surface area contributed by atoms with Crippen LogP contribution in [0.1, 0.15) is 0 Å². The van der Waals surface area contributed by atoms with E-state index in [4.69, 9.17) is 11.6 Å². The molecule has 0 aliphatic carbocycles. The van der Waals surface area contributed by atoms with Gasteiger partial charge >= 0.3 is 0 Å². The average Bonchev–Trinajstić information content (AvgIpc) is 2.69. The molecule has 0 aliphatic rings. The van der Waals surface area contributed by atoms with Gasteiger partial charge < -0.3 is 5.32 Å². The lowest BCUT2D eigenvalue weighted by Crippen LogP contribution is -2.38. The molecule has 0 radical (unpaired) electrons. The number of amides is 1. The molecule has 0 aromatic heterocycles. The number of rotatable bonds is 6. The van der Waals surface area contributed by atoms with Gasteiger partial charge in [0.25, 0.3) is 10.0 Å². The SMILES string of the molecule is O=C(CN(c1ccccc1)S(=O)(=O)c1ccccc1)Nc1ccc(Cl)cc1. The Morgan fingerprint density at radius 2 is 1.41 bits per heavy atom. The summed E-state index contributed by atoms with van der Waals surface area (Å²) in [4.78, 5) is 12.6. The predicted molar refractivity (Wildman–Crippen MR) is 107 cm³/mol. The van der Waals surface area contributed by atoms with Crippen molar-refractivity contribution < 1.29 is 13.2 Å². The molecule has 0 heterocycles. The molecular weight excluding hydrogens is 384 g/mol. The summed E-state index contributed by atoms with van der Waals surface area (Å²) in [7, 11) is -3.90. The number of nitrogens with one attached hydrogen (secondary N) is 1. The highest BCUT2D eigenvalue weighted by atomic mass is 35.5. The van der Waals surface area contributed by atoms with Gasteiger partial charge in [-0.25, -0.2) is 8.42 Å². The molecule has 0 aliphatic heterocycles. The summed E-state index contributed by atoms with van der Waals surface area (Å²) < 4.78 is 27.3. The molecule has 0 fully saturated rings. The van der Waals surface area contributed by atoms with Crippen molar-refractivity contribution in [3.8, 4) is 0 Å². The number of nitrogens with zero attached hydrogens (tertiary/aromatic N) is 1. The van der Waals surface area contributed by atoms with Crippen LogP contribution < -0.4 is 9.62 Å². The third-order valence-corrected chi connectivity index (χ3v) is 5.83. The molecule has 3 aromatic carbocycles. The van der Waals surface area contributed by atoms with Gasteiger partial charge in [-0.1, -0.05) is 48.0 Å². The largest absolute Gasteiger partial charge is 0.325 e. The van der Waals surface area contributed by atoms with E-state index in [1.165, 1.54) is 12.1 Å². The lowest BCUT2D eigenvalue weighted by molar-refractivity contribution is -0.114. The molecular formula is C20H17ClN2O3S. The van der Waals surface area contributed by atoms with Crippen molar-refractivity contribution in [1.29, 1.82) is 0 Å². The van der Waals surface area contributed by atoms with Crippen molar-refractivity contribution in [2.45, 2.75) is 4.90 Å². The zero-order valence-electron chi connectivity index (χ0n) is 14.2. The molecule has 0 saturated carbocycles. The summed E-state index contributed by atoms with van der Waals surface area (Å²) in [5.41, 5.74) is 0.946. The first kappa shape index (κ1) is 18.9. The van der Waals surface area contributed by atoms with Gasteiger partial charge in [0.2, 0.25) is 5.91 Å². The van der Waals surface area contributed by atoms with Crippen molar-refractivity contribution in [2.24, 2.45) is 0 Å². The van der Waals surface area contributed by atoms with Gasteiger partial charge in [0, 0.05) is 10.7 Å². The second kappa shape index (κ2) is 8.24. The Morgan fingerprint density at radius 1 is 0.852 bits per heavy atom.